The summed E-state index contributed by atoms with van der Waals surface area (Å²) >= 11 is 0. The summed E-state index contributed by atoms with van der Waals surface area (Å²) in [6.07, 6.45) is 0. The molecule has 0 bridgehead atoms. The van der Waals surface area contributed by atoms with Crippen molar-refractivity contribution in [2.45, 2.75) is 13.8 Å². The molecule has 2 aromatic carbocycles. The van der Waals surface area contributed by atoms with E-state index in [4.69, 9.17) is 4.52 Å². The average molecular weight is 363 g/mol. The van der Waals surface area contributed by atoms with Gasteiger partial charge in [-0.15, -0.1) is 0 Å². The molecule has 0 aliphatic carbocycles. The minimum Gasteiger partial charge on any atom is -0.355 e. The average Bonchev–Trinajstić information content (AvgIpc) is 3.11. The van der Waals surface area contributed by atoms with Crippen LogP contribution in [-0.2, 0) is 0 Å². The lowest BCUT2D eigenvalue weighted by Crippen LogP contribution is -2.49. The number of rotatable bonds is 4. The Morgan fingerprint density at radius 1 is 1.07 bits per heavy atom. The number of carbonyl (C=O) groups is 1. The number of benzene rings is 2. The maximum Gasteiger partial charge on any atom is 0.253 e. The summed E-state index contributed by atoms with van der Waals surface area (Å²) in [5.41, 5.74) is 2.43. The smallest absolute Gasteiger partial charge is 0.253 e. The molecule has 4 rings (SSSR count). The molecule has 1 saturated heterocycles. The van der Waals surface area contributed by atoms with Crippen LogP contribution in [0, 0.1) is 5.92 Å². The van der Waals surface area contributed by atoms with Crippen LogP contribution in [0.4, 0.5) is 0 Å². The van der Waals surface area contributed by atoms with E-state index in [1.165, 1.54) is 0 Å². The summed E-state index contributed by atoms with van der Waals surface area (Å²) in [7, 11) is 0. The highest BCUT2D eigenvalue weighted by Crippen LogP contribution is 2.29. The van der Waals surface area contributed by atoms with E-state index < -0.39 is 0 Å². The van der Waals surface area contributed by atoms with Gasteiger partial charge >= 0.3 is 0 Å². The van der Waals surface area contributed by atoms with Gasteiger partial charge < -0.3 is 9.42 Å². The Morgan fingerprint density at radius 3 is 2.52 bits per heavy atom. The third-order valence-corrected chi connectivity index (χ3v) is 5.04. The molecule has 0 unspecified atom stereocenters. The molecule has 0 saturated carbocycles. The minimum absolute atomic E-state index is 0.0845. The van der Waals surface area contributed by atoms with E-state index in [2.05, 4.69) is 23.9 Å². The van der Waals surface area contributed by atoms with Gasteiger partial charge in [-0.3, -0.25) is 9.69 Å². The summed E-state index contributed by atoms with van der Waals surface area (Å²) in [6, 6.07) is 15.5. The number of fused-ring (bicyclic) bond motifs is 1. The highest BCUT2D eigenvalue weighted by atomic mass is 16.5. The van der Waals surface area contributed by atoms with E-state index in [1.54, 1.807) is 0 Å². The molecular formula is C22H25N3O2. The molecule has 2 heterocycles. The second-order valence-corrected chi connectivity index (χ2v) is 7.60. The summed E-state index contributed by atoms with van der Waals surface area (Å²) in [4.78, 5) is 17.4. The number of nitrogens with zero attached hydrogens (tertiary/aromatic N) is 3. The predicted octanol–water partition coefficient (Wildman–Crippen LogP) is 3.91. The van der Waals surface area contributed by atoms with E-state index in [-0.39, 0.29) is 5.91 Å². The SMILES string of the molecule is CC(C)CN1CCN(C(=O)c2ccc3noc(-c4ccccc4)c3c2)CC1. The summed E-state index contributed by atoms with van der Waals surface area (Å²) in [5, 5.41) is 5.02. The van der Waals surface area contributed by atoms with Gasteiger partial charge in [-0.1, -0.05) is 49.3 Å². The molecule has 3 aromatic rings. The van der Waals surface area contributed by atoms with Gasteiger partial charge in [0.15, 0.2) is 5.76 Å². The van der Waals surface area contributed by atoms with Crippen molar-refractivity contribution in [2.75, 3.05) is 32.7 Å². The fourth-order valence-corrected chi connectivity index (χ4v) is 3.70. The Bertz CT molecular complexity index is 925. The van der Waals surface area contributed by atoms with Crippen molar-refractivity contribution in [1.82, 2.24) is 15.0 Å². The van der Waals surface area contributed by atoms with Crippen LogP contribution >= 0.6 is 0 Å². The number of carbonyl (C=O) groups excluding carboxylic acids is 1. The van der Waals surface area contributed by atoms with Gasteiger partial charge in [-0.25, -0.2) is 0 Å². The number of aromatic nitrogens is 1. The number of piperazine rings is 1. The Hall–Kier alpha value is -2.66. The fraction of sp³-hybridized carbons (Fsp3) is 0.364. The zero-order valence-electron chi connectivity index (χ0n) is 15.9. The Morgan fingerprint density at radius 2 is 1.81 bits per heavy atom. The van der Waals surface area contributed by atoms with Crippen LogP contribution in [0.25, 0.3) is 22.2 Å². The van der Waals surface area contributed by atoms with E-state index in [0.29, 0.717) is 17.2 Å². The molecule has 1 aliphatic heterocycles. The molecule has 27 heavy (non-hydrogen) atoms. The third-order valence-electron chi connectivity index (χ3n) is 5.04. The highest BCUT2D eigenvalue weighted by Gasteiger charge is 2.23. The summed E-state index contributed by atoms with van der Waals surface area (Å²) < 4.78 is 5.55. The Balaban J connectivity index is 1.55. The molecule has 1 amide bonds. The molecule has 5 heteroatoms. The topological polar surface area (TPSA) is 49.6 Å². The molecule has 1 aliphatic rings. The standard InChI is InChI=1S/C22H25N3O2/c1-16(2)15-24-10-12-25(13-11-24)22(26)18-8-9-20-19(14-18)21(27-23-20)17-6-4-3-5-7-17/h3-9,14,16H,10-13,15H2,1-2H3. The van der Waals surface area contributed by atoms with Crippen molar-refractivity contribution >= 4 is 16.8 Å². The first-order chi connectivity index (χ1) is 13.1. The predicted molar refractivity (Wildman–Crippen MR) is 107 cm³/mol. The van der Waals surface area contributed by atoms with Gasteiger partial charge in [0.25, 0.3) is 5.91 Å². The first-order valence-electron chi connectivity index (χ1n) is 9.58. The minimum atomic E-state index is 0.0845. The second-order valence-electron chi connectivity index (χ2n) is 7.60. The van der Waals surface area contributed by atoms with Crippen LogP contribution < -0.4 is 0 Å². The Kier molecular flexibility index (Phi) is 4.94. The summed E-state index contributed by atoms with van der Waals surface area (Å²) in [6.45, 7) is 8.99. The molecule has 140 valence electrons. The van der Waals surface area contributed by atoms with Gasteiger partial charge in [-0.05, 0) is 24.1 Å². The van der Waals surface area contributed by atoms with E-state index in [9.17, 15) is 4.79 Å². The van der Waals surface area contributed by atoms with Crippen LogP contribution in [0.2, 0.25) is 0 Å². The number of hydrogen-bond acceptors (Lipinski definition) is 4. The van der Waals surface area contributed by atoms with Crippen molar-refractivity contribution in [3.63, 3.8) is 0 Å². The number of hydrogen-bond donors (Lipinski definition) is 0. The normalized spacial score (nSPS) is 15.6. The lowest BCUT2D eigenvalue weighted by Gasteiger charge is -2.35. The van der Waals surface area contributed by atoms with Gasteiger partial charge in [0.05, 0.1) is 5.39 Å². The first-order valence-corrected chi connectivity index (χ1v) is 9.58. The molecule has 1 aromatic heterocycles. The molecule has 0 atom stereocenters. The number of amides is 1. The van der Waals surface area contributed by atoms with Crippen LogP contribution in [0.15, 0.2) is 53.1 Å². The molecule has 1 fully saturated rings. The van der Waals surface area contributed by atoms with Crippen molar-refractivity contribution in [3.8, 4) is 11.3 Å². The summed E-state index contributed by atoms with van der Waals surface area (Å²) in [5.74, 6) is 1.45. The maximum atomic E-state index is 13.0. The van der Waals surface area contributed by atoms with Crippen LogP contribution in [0.3, 0.4) is 0 Å². The third kappa shape index (κ3) is 3.74. The van der Waals surface area contributed by atoms with Gasteiger partial charge in [0, 0.05) is 43.9 Å². The monoisotopic (exact) mass is 363 g/mol. The van der Waals surface area contributed by atoms with Crippen molar-refractivity contribution in [3.05, 3.63) is 54.1 Å². The molecule has 5 nitrogen and oxygen atoms in total. The lowest BCUT2D eigenvalue weighted by molar-refractivity contribution is 0.0624. The quantitative estimate of drug-likeness (QED) is 0.705. The van der Waals surface area contributed by atoms with E-state index in [1.807, 2.05) is 53.4 Å². The van der Waals surface area contributed by atoms with Crippen LogP contribution in [-0.4, -0.2) is 53.6 Å². The van der Waals surface area contributed by atoms with Gasteiger partial charge in [-0.2, -0.15) is 0 Å². The molecule has 0 radical (unpaired) electrons. The largest absolute Gasteiger partial charge is 0.355 e. The maximum absolute atomic E-state index is 13.0. The van der Waals surface area contributed by atoms with Gasteiger partial charge in [0.1, 0.15) is 5.52 Å². The van der Waals surface area contributed by atoms with Crippen molar-refractivity contribution in [2.24, 2.45) is 5.92 Å². The second kappa shape index (κ2) is 7.53. The Labute approximate surface area is 159 Å². The lowest BCUT2D eigenvalue weighted by atomic mass is 10.1. The van der Waals surface area contributed by atoms with Crippen molar-refractivity contribution in [1.29, 1.82) is 0 Å². The first kappa shape index (κ1) is 17.7. The van der Waals surface area contributed by atoms with Crippen LogP contribution in [0.5, 0.6) is 0 Å². The zero-order valence-corrected chi connectivity index (χ0v) is 15.9. The molecular weight excluding hydrogens is 338 g/mol. The zero-order chi connectivity index (χ0) is 18.8. The molecule has 0 spiro atoms. The highest BCUT2D eigenvalue weighted by molar-refractivity contribution is 6.01. The fourth-order valence-electron chi connectivity index (χ4n) is 3.70. The molecule has 0 N–H and O–H groups in total. The van der Waals surface area contributed by atoms with Crippen molar-refractivity contribution < 1.29 is 9.32 Å². The van der Waals surface area contributed by atoms with E-state index >= 15 is 0 Å². The van der Waals surface area contributed by atoms with Gasteiger partial charge in [0.2, 0.25) is 0 Å². The van der Waals surface area contributed by atoms with E-state index in [0.717, 1.165) is 49.2 Å². The van der Waals surface area contributed by atoms with Crippen LogP contribution in [0.1, 0.15) is 24.2 Å².